The van der Waals surface area contributed by atoms with Crippen molar-refractivity contribution in [1.82, 2.24) is 0 Å². The molecule has 212 valence electrons. The van der Waals surface area contributed by atoms with Crippen LogP contribution in [0.3, 0.4) is 0 Å². The van der Waals surface area contributed by atoms with Crippen molar-refractivity contribution in [3.63, 3.8) is 0 Å². The Morgan fingerprint density at radius 1 is 1.00 bits per heavy atom. The standard InChI is InChI=1S/C31H28F2N2O5S/c1-3-39-30(37)25-21(23-9-6-14-41-23)16-22-26(28(25)36)24(17-10-12-18(32)13-11-17)27(31(38)40-4-2)29(34)35(22)20-8-5-7-19(33)15-20/h5-15,21,24-25H,3-4,16,34H2,1-2H3/t21-,24+,25+/m1/s1. The Labute approximate surface area is 239 Å². The molecule has 0 unspecified atom stereocenters. The van der Waals surface area contributed by atoms with Gasteiger partial charge in [-0.25, -0.2) is 13.6 Å². The van der Waals surface area contributed by atoms with Gasteiger partial charge in [-0.15, -0.1) is 11.3 Å². The van der Waals surface area contributed by atoms with Crippen LogP contribution in [0.15, 0.2) is 88.7 Å². The number of hydrogen-bond donors (Lipinski definition) is 1. The van der Waals surface area contributed by atoms with Gasteiger partial charge in [0.15, 0.2) is 5.78 Å². The number of nitrogens with zero attached hydrogens (tertiary/aromatic N) is 1. The van der Waals surface area contributed by atoms with Crippen LogP contribution < -0.4 is 10.6 Å². The summed E-state index contributed by atoms with van der Waals surface area (Å²) in [7, 11) is 0. The summed E-state index contributed by atoms with van der Waals surface area (Å²) in [4.78, 5) is 43.7. The largest absolute Gasteiger partial charge is 0.465 e. The highest BCUT2D eigenvalue weighted by molar-refractivity contribution is 7.10. The van der Waals surface area contributed by atoms with E-state index in [1.54, 1.807) is 19.9 Å². The highest BCUT2D eigenvalue weighted by atomic mass is 32.1. The molecule has 0 saturated heterocycles. The number of ketones is 1. The van der Waals surface area contributed by atoms with Crippen LogP contribution in [0.4, 0.5) is 14.5 Å². The summed E-state index contributed by atoms with van der Waals surface area (Å²) in [5.74, 6) is -5.98. The van der Waals surface area contributed by atoms with Crippen molar-refractivity contribution >= 4 is 34.7 Å². The van der Waals surface area contributed by atoms with Crippen molar-refractivity contribution in [1.29, 1.82) is 0 Å². The summed E-state index contributed by atoms with van der Waals surface area (Å²) in [5.41, 5.74) is 7.91. The molecule has 3 atom stereocenters. The Balaban J connectivity index is 1.82. The minimum atomic E-state index is -1.20. The average molecular weight is 579 g/mol. The Morgan fingerprint density at radius 2 is 1.73 bits per heavy atom. The fraction of sp³-hybridized carbons (Fsp3) is 0.258. The van der Waals surface area contributed by atoms with E-state index in [0.29, 0.717) is 16.9 Å². The van der Waals surface area contributed by atoms with Gasteiger partial charge in [-0.2, -0.15) is 0 Å². The number of hydrogen-bond acceptors (Lipinski definition) is 8. The van der Waals surface area contributed by atoms with Crippen LogP contribution in [0.25, 0.3) is 0 Å². The molecule has 0 bridgehead atoms. The summed E-state index contributed by atoms with van der Waals surface area (Å²) in [6, 6.07) is 14.7. The molecule has 0 amide bonds. The lowest BCUT2D eigenvalue weighted by atomic mass is 9.68. The Hall–Kier alpha value is -4.31. The van der Waals surface area contributed by atoms with Crippen molar-refractivity contribution in [2.24, 2.45) is 11.7 Å². The van der Waals surface area contributed by atoms with E-state index in [9.17, 15) is 23.2 Å². The summed E-state index contributed by atoms with van der Waals surface area (Å²) < 4.78 is 39.2. The van der Waals surface area contributed by atoms with E-state index in [1.807, 2.05) is 17.5 Å². The van der Waals surface area contributed by atoms with Gasteiger partial charge in [-0.1, -0.05) is 24.3 Å². The van der Waals surface area contributed by atoms with Crippen LogP contribution in [0.1, 0.15) is 42.5 Å². The molecule has 3 aromatic rings. The van der Waals surface area contributed by atoms with Gasteiger partial charge in [0.05, 0.1) is 30.4 Å². The summed E-state index contributed by atoms with van der Waals surface area (Å²) in [6.45, 7) is 3.39. The maximum Gasteiger partial charge on any atom is 0.338 e. The molecule has 0 fully saturated rings. The van der Waals surface area contributed by atoms with Gasteiger partial charge in [0.1, 0.15) is 23.4 Å². The quantitative estimate of drug-likeness (QED) is 0.290. The van der Waals surface area contributed by atoms with E-state index >= 15 is 0 Å². The zero-order valence-electron chi connectivity index (χ0n) is 22.4. The van der Waals surface area contributed by atoms with Crippen LogP contribution in [0.2, 0.25) is 0 Å². The fourth-order valence-corrected chi connectivity index (χ4v) is 6.47. The monoisotopic (exact) mass is 578 g/mol. The molecule has 10 heteroatoms. The second-order valence-electron chi connectivity index (χ2n) is 9.60. The molecule has 41 heavy (non-hydrogen) atoms. The molecule has 5 rings (SSSR count). The van der Waals surface area contributed by atoms with Crippen LogP contribution in [-0.2, 0) is 23.9 Å². The number of halogens is 2. The van der Waals surface area contributed by atoms with Crippen molar-refractivity contribution in [3.8, 4) is 0 Å². The summed E-state index contributed by atoms with van der Waals surface area (Å²) in [5, 5.41) is 1.85. The first-order chi connectivity index (χ1) is 19.8. The number of esters is 2. The van der Waals surface area contributed by atoms with E-state index < -0.39 is 47.1 Å². The third-order valence-corrected chi connectivity index (χ3v) is 8.26. The Bertz CT molecular complexity index is 1550. The molecule has 2 heterocycles. The lowest BCUT2D eigenvalue weighted by Crippen LogP contribution is -2.46. The molecule has 2 aromatic carbocycles. The highest BCUT2D eigenvalue weighted by Crippen LogP contribution is 2.52. The molecule has 0 radical (unpaired) electrons. The van der Waals surface area contributed by atoms with Gasteiger partial charge >= 0.3 is 11.9 Å². The fourth-order valence-electron chi connectivity index (χ4n) is 5.61. The molecule has 1 aliphatic heterocycles. The number of carbonyl (C=O) groups excluding carboxylic acids is 3. The van der Waals surface area contributed by atoms with Crippen molar-refractivity contribution in [3.05, 3.63) is 111 Å². The number of thiophene rings is 1. The number of ether oxygens (including phenoxy) is 2. The predicted octanol–water partition coefficient (Wildman–Crippen LogP) is 5.55. The first kappa shape index (κ1) is 28.2. The molecular formula is C31H28F2N2O5S. The van der Waals surface area contributed by atoms with E-state index in [-0.39, 0.29) is 36.6 Å². The summed E-state index contributed by atoms with van der Waals surface area (Å²) >= 11 is 1.40. The van der Waals surface area contributed by atoms with E-state index in [2.05, 4.69) is 0 Å². The first-order valence-corrected chi connectivity index (χ1v) is 14.1. The second kappa shape index (κ2) is 11.7. The van der Waals surface area contributed by atoms with Crippen LogP contribution in [0, 0.1) is 17.6 Å². The average Bonchev–Trinajstić information content (AvgIpc) is 3.48. The van der Waals surface area contributed by atoms with Crippen LogP contribution >= 0.6 is 11.3 Å². The minimum absolute atomic E-state index is 0.0253. The van der Waals surface area contributed by atoms with Crippen LogP contribution in [0.5, 0.6) is 0 Å². The number of benzene rings is 2. The number of nitrogens with two attached hydrogens (primary N) is 1. The molecule has 1 aromatic heterocycles. The Kier molecular flexibility index (Phi) is 8.03. The number of allylic oxidation sites excluding steroid dienone is 2. The van der Waals surface area contributed by atoms with E-state index in [1.165, 1.54) is 58.7 Å². The van der Waals surface area contributed by atoms with Crippen LogP contribution in [-0.4, -0.2) is 30.9 Å². The molecule has 0 saturated carbocycles. The van der Waals surface area contributed by atoms with Gasteiger partial charge in [0, 0.05) is 22.1 Å². The molecule has 7 nitrogen and oxygen atoms in total. The molecule has 1 aliphatic carbocycles. The molecule has 2 aliphatic rings. The van der Waals surface area contributed by atoms with Crippen molar-refractivity contribution in [2.45, 2.75) is 32.1 Å². The topological polar surface area (TPSA) is 98.9 Å². The second-order valence-corrected chi connectivity index (χ2v) is 10.6. The third-order valence-electron chi connectivity index (χ3n) is 7.25. The van der Waals surface area contributed by atoms with Crippen molar-refractivity contribution in [2.75, 3.05) is 18.1 Å². The van der Waals surface area contributed by atoms with E-state index in [4.69, 9.17) is 15.2 Å². The van der Waals surface area contributed by atoms with Gasteiger partial charge in [0.25, 0.3) is 0 Å². The van der Waals surface area contributed by atoms with Crippen molar-refractivity contribution < 1.29 is 32.6 Å². The van der Waals surface area contributed by atoms with Gasteiger partial charge in [0.2, 0.25) is 0 Å². The maximum absolute atomic E-state index is 14.6. The zero-order valence-corrected chi connectivity index (χ0v) is 23.3. The zero-order chi connectivity index (χ0) is 29.3. The SMILES string of the molecule is CCOC(=O)C1=C(N)N(c2cccc(F)c2)C2=C(C(=O)[C@@H](C(=O)OCC)[C@@H](c3cccs3)C2)[C@@H]1c1ccc(F)cc1. The lowest BCUT2D eigenvalue weighted by molar-refractivity contribution is -0.152. The smallest absolute Gasteiger partial charge is 0.338 e. The number of Topliss-reactive ketones (excluding diaryl/α,β-unsaturated/α-hetero) is 1. The normalized spacial score (nSPS) is 20.6. The van der Waals surface area contributed by atoms with Gasteiger partial charge in [-0.3, -0.25) is 14.5 Å². The molecule has 2 N–H and O–H groups in total. The van der Waals surface area contributed by atoms with E-state index in [0.717, 1.165) is 4.88 Å². The number of anilines is 1. The molecular weight excluding hydrogens is 550 g/mol. The highest BCUT2D eigenvalue weighted by Gasteiger charge is 2.51. The lowest BCUT2D eigenvalue weighted by Gasteiger charge is -2.43. The minimum Gasteiger partial charge on any atom is -0.465 e. The number of carbonyl (C=O) groups is 3. The maximum atomic E-state index is 14.6. The van der Waals surface area contributed by atoms with Gasteiger partial charge in [-0.05, 0) is 67.6 Å². The summed E-state index contributed by atoms with van der Waals surface area (Å²) in [6.07, 6.45) is 0.163. The molecule has 0 spiro atoms. The first-order valence-electron chi connectivity index (χ1n) is 13.2. The Morgan fingerprint density at radius 3 is 2.37 bits per heavy atom. The predicted molar refractivity (Wildman–Crippen MR) is 150 cm³/mol. The number of rotatable bonds is 7. The van der Waals surface area contributed by atoms with Gasteiger partial charge < -0.3 is 15.2 Å². The third kappa shape index (κ3) is 5.15.